The van der Waals surface area contributed by atoms with Crippen LogP contribution in [0.25, 0.3) is 10.9 Å². The molecule has 0 aliphatic carbocycles. The summed E-state index contributed by atoms with van der Waals surface area (Å²) in [6, 6.07) is 6.19. The highest BCUT2D eigenvalue weighted by Crippen LogP contribution is 2.25. The van der Waals surface area contributed by atoms with Crippen molar-refractivity contribution in [3.05, 3.63) is 50.6 Å². The Morgan fingerprint density at radius 1 is 1.16 bits per heavy atom. The number of likely N-dealkylation sites (tertiary alicyclic amines) is 1. The molecule has 2 aliphatic heterocycles. The molecule has 0 saturated carbocycles. The van der Waals surface area contributed by atoms with Crippen LogP contribution in [0.1, 0.15) is 51.1 Å². The molecule has 10 nitrogen and oxygen atoms in total. The van der Waals surface area contributed by atoms with Gasteiger partial charge in [-0.3, -0.25) is 9.59 Å². The summed E-state index contributed by atoms with van der Waals surface area (Å²) in [5.74, 6) is -0.608. The molecule has 0 radical (unpaired) electrons. The summed E-state index contributed by atoms with van der Waals surface area (Å²) in [4.78, 5) is 51.6. The third-order valence-corrected chi connectivity index (χ3v) is 8.10. The number of aromatic amines is 1. The first-order valence-electron chi connectivity index (χ1n) is 12.7. The molecular formula is C26H31ClN6O4S. The SMILES string of the molecule is CC(C)OC(=O)N1CC[C@H](NC(=O)c2cc3cc(Cl)ccc3[nH]2)[C@H](NC(=O)c2nc3c(s2)CN(C)CC3)C1. The topological polar surface area (TPSA) is 120 Å². The van der Waals surface area contributed by atoms with Crippen LogP contribution in [0, 0.1) is 0 Å². The average molecular weight is 559 g/mol. The number of carbonyl (C=O) groups is 3. The van der Waals surface area contributed by atoms with E-state index in [4.69, 9.17) is 16.3 Å². The van der Waals surface area contributed by atoms with Gasteiger partial charge in [-0.15, -0.1) is 11.3 Å². The van der Waals surface area contributed by atoms with Crippen molar-refractivity contribution in [1.82, 2.24) is 30.4 Å². The van der Waals surface area contributed by atoms with Gasteiger partial charge in [0.25, 0.3) is 11.8 Å². The number of likely N-dealkylation sites (N-methyl/N-ethyl adjacent to an activating group) is 1. The molecule has 3 N–H and O–H groups in total. The number of rotatable bonds is 5. The van der Waals surface area contributed by atoms with Crippen LogP contribution in [-0.4, -0.2) is 82.5 Å². The van der Waals surface area contributed by atoms with Gasteiger partial charge >= 0.3 is 6.09 Å². The quantitative estimate of drug-likeness (QED) is 0.441. The number of amides is 3. The summed E-state index contributed by atoms with van der Waals surface area (Å²) in [6.07, 6.45) is 0.560. The lowest BCUT2D eigenvalue weighted by molar-refractivity contribution is 0.0572. The third-order valence-electron chi connectivity index (χ3n) is 6.78. The molecule has 0 unspecified atom stereocenters. The van der Waals surface area contributed by atoms with Crippen molar-refractivity contribution < 1.29 is 19.1 Å². The molecule has 1 saturated heterocycles. The Hall–Kier alpha value is -3.15. The maximum atomic E-state index is 13.3. The highest BCUT2D eigenvalue weighted by molar-refractivity contribution is 7.13. The number of thiazole rings is 1. The number of hydrogen-bond donors (Lipinski definition) is 3. The number of H-pyrrole nitrogens is 1. The number of piperidine rings is 1. The minimum atomic E-state index is -0.526. The Labute approximate surface area is 229 Å². The van der Waals surface area contributed by atoms with Crippen LogP contribution in [-0.2, 0) is 17.7 Å². The number of carbonyl (C=O) groups excluding carboxylic acids is 3. The predicted octanol–water partition coefficient (Wildman–Crippen LogP) is 3.41. The van der Waals surface area contributed by atoms with E-state index in [2.05, 4.69) is 25.5 Å². The maximum Gasteiger partial charge on any atom is 0.410 e. The molecule has 2 aromatic heterocycles. The first-order chi connectivity index (χ1) is 18.2. The Balaban J connectivity index is 1.33. The highest BCUT2D eigenvalue weighted by atomic mass is 35.5. The number of halogens is 1. The fourth-order valence-corrected chi connectivity index (χ4v) is 6.11. The molecular weight excluding hydrogens is 528 g/mol. The molecule has 3 aromatic rings. The molecule has 3 amide bonds. The molecule has 12 heteroatoms. The van der Waals surface area contributed by atoms with Gasteiger partial charge in [-0.05, 0) is 51.6 Å². The molecule has 2 aliphatic rings. The molecule has 0 bridgehead atoms. The van der Waals surface area contributed by atoms with Gasteiger partial charge in [0.15, 0.2) is 5.01 Å². The van der Waals surface area contributed by atoms with E-state index in [1.807, 2.05) is 13.1 Å². The summed E-state index contributed by atoms with van der Waals surface area (Å²) in [7, 11) is 2.05. The molecule has 202 valence electrons. The Kier molecular flexibility index (Phi) is 7.60. The number of benzene rings is 1. The van der Waals surface area contributed by atoms with Crippen LogP contribution in [0.3, 0.4) is 0 Å². The van der Waals surface area contributed by atoms with Crippen molar-refractivity contribution in [3.63, 3.8) is 0 Å². The van der Waals surface area contributed by atoms with E-state index in [1.165, 1.54) is 11.3 Å². The first kappa shape index (κ1) is 26.5. The van der Waals surface area contributed by atoms with Gasteiger partial charge in [0.1, 0.15) is 5.69 Å². The number of aromatic nitrogens is 2. The Morgan fingerprint density at radius 3 is 2.74 bits per heavy atom. The van der Waals surface area contributed by atoms with Crippen molar-refractivity contribution in [2.24, 2.45) is 0 Å². The molecule has 5 rings (SSSR count). The second-order valence-corrected chi connectivity index (χ2v) is 11.6. The van der Waals surface area contributed by atoms with Crippen LogP contribution >= 0.6 is 22.9 Å². The monoisotopic (exact) mass is 558 g/mol. The highest BCUT2D eigenvalue weighted by Gasteiger charge is 2.35. The summed E-state index contributed by atoms with van der Waals surface area (Å²) in [5.41, 5.74) is 2.16. The lowest BCUT2D eigenvalue weighted by atomic mass is 9.99. The number of nitrogens with zero attached hydrogens (tertiary/aromatic N) is 3. The predicted molar refractivity (Wildman–Crippen MR) is 146 cm³/mol. The van der Waals surface area contributed by atoms with Crippen LogP contribution in [0.5, 0.6) is 0 Å². The summed E-state index contributed by atoms with van der Waals surface area (Å²) < 4.78 is 5.38. The lowest BCUT2D eigenvalue weighted by Crippen LogP contribution is -2.61. The van der Waals surface area contributed by atoms with E-state index < -0.39 is 18.2 Å². The standard InChI is InChI=1S/C26H31ClN6O4S/c1-14(2)37-26(36)33-9-7-18(29-23(34)20-11-15-10-16(27)4-5-17(15)28-20)21(12-33)30-24(35)25-31-19-6-8-32(3)13-22(19)38-25/h4-5,10-11,14,18,21,28H,6-9,12-13H2,1-3H3,(H,29,34)(H,30,35)/t18-,21+/m0/s1. The van der Waals surface area contributed by atoms with Crippen molar-refractivity contribution >= 4 is 51.7 Å². The van der Waals surface area contributed by atoms with Crippen LogP contribution < -0.4 is 10.6 Å². The maximum absolute atomic E-state index is 13.3. The molecule has 38 heavy (non-hydrogen) atoms. The van der Waals surface area contributed by atoms with Crippen LogP contribution in [0.15, 0.2) is 24.3 Å². The number of nitrogens with one attached hydrogen (secondary N) is 3. The lowest BCUT2D eigenvalue weighted by Gasteiger charge is -2.38. The van der Waals surface area contributed by atoms with Crippen molar-refractivity contribution in [3.8, 4) is 0 Å². The second-order valence-electron chi connectivity index (χ2n) is 10.1. The number of ether oxygens (including phenoxy) is 1. The largest absolute Gasteiger partial charge is 0.447 e. The number of hydrogen-bond acceptors (Lipinski definition) is 7. The first-order valence-corrected chi connectivity index (χ1v) is 13.9. The van der Waals surface area contributed by atoms with E-state index in [0.717, 1.165) is 41.0 Å². The third kappa shape index (κ3) is 5.79. The summed E-state index contributed by atoms with van der Waals surface area (Å²) in [6.45, 7) is 5.86. The number of fused-ring (bicyclic) bond motifs is 2. The van der Waals surface area contributed by atoms with E-state index in [0.29, 0.717) is 28.7 Å². The fraction of sp³-hybridized carbons (Fsp3) is 0.462. The summed E-state index contributed by atoms with van der Waals surface area (Å²) >= 11 is 7.48. The van der Waals surface area contributed by atoms with Crippen molar-refractivity contribution in [2.45, 2.75) is 51.4 Å². The Morgan fingerprint density at radius 2 is 1.95 bits per heavy atom. The van der Waals surface area contributed by atoms with Gasteiger partial charge in [0.2, 0.25) is 0 Å². The molecule has 0 spiro atoms. The second kappa shape index (κ2) is 10.9. The zero-order valence-corrected chi connectivity index (χ0v) is 23.1. The summed E-state index contributed by atoms with van der Waals surface area (Å²) in [5, 5.41) is 7.90. The van der Waals surface area contributed by atoms with Gasteiger partial charge in [-0.2, -0.15) is 0 Å². The minimum absolute atomic E-state index is 0.207. The molecule has 4 heterocycles. The average Bonchev–Trinajstić information content (AvgIpc) is 3.48. The minimum Gasteiger partial charge on any atom is -0.447 e. The van der Waals surface area contributed by atoms with Gasteiger partial charge in [0, 0.05) is 53.4 Å². The zero-order valence-electron chi connectivity index (χ0n) is 21.5. The molecule has 1 fully saturated rings. The van der Waals surface area contributed by atoms with Gasteiger partial charge in [-0.25, -0.2) is 9.78 Å². The normalized spacial score (nSPS) is 19.9. The fourth-order valence-electron chi connectivity index (χ4n) is 4.84. The van der Waals surface area contributed by atoms with E-state index in [-0.39, 0.29) is 24.5 Å². The van der Waals surface area contributed by atoms with Gasteiger partial charge in [0.05, 0.1) is 23.9 Å². The van der Waals surface area contributed by atoms with Crippen LogP contribution in [0.4, 0.5) is 4.79 Å². The Bertz CT molecular complexity index is 1370. The van der Waals surface area contributed by atoms with Crippen molar-refractivity contribution in [2.75, 3.05) is 26.7 Å². The van der Waals surface area contributed by atoms with Gasteiger partial charge < -0.3 is 30.2 Å². The van der Waals surface area contributed by atoms with Gasteiger partial charge in [-0.1, -0.05) is 11.6 Å². The van der Waals surface area contributed by atoms with E-state index in [1.54, 1.807) is 36.9 Å². The van der Waals surface area contributed by atoms with E-state index in [9.17, 15) is 14.4 Å². The molecule has 2 atom stereocenters. The van der Waals surface area contributed by atoms with Crippen LogP contribution in [0.2, 0.25) is 5.02 Å². The molecule has 1 aromatic carbocycles. The smallest absolute Gasteiger partial charge is 0.410 e. The van der Waals surface area contributed by atoms with Crippen molar-refractivity contribution in [1.29, 1.82) is 0 Å². The zero-order chi connectivity index (χ0) is 27.0. The van der Waals surface area contributed by atoms with E-state index >= 15 is 0 Å².